The normalized spacial score (nSPS) is 11.3. The first-order valence-corrected chi connectivity index (χ1v) is 22.6. The Balaban J connectivity index is 0.000000283. The van der Waals surface area contributed by atoms with Crippen LogP contribution in [-0.2, 0) is 20.9 Å². The summed E-state index contributed by atoms with van der Waals surface area (Å²) in [5, 5.41) is 13.0. The van der Waals surface area contributed by atoms with Crippen molar-refractivity contribution in [3.05, 3.63) is 150 Å². The Bertz CT molecular complexity index is 2780. The van der Waals surface area contributed by atoms with E-state index in [1.165, 1.54) is 12.7 Å². The molecule has 0 radical (unpaired) electrons. The van der Waals surface area contributed by atoms with Gasteiger partial charge in [-0.05, 0) is 113 Å². The molecule has 0 atom stereocenters. The van der Waals surface area contributed by atoms with E-state index < -0.39 is 10.0 Å². The van der Waals surface area contributed by atoms with Crippen molar-refractivity contribution in [1.29, 1.82) is 0 Å². The van der Waals surface area contributed by atoms with Gasteiger partial charge in [0, 0.05) is 64.8 Å². The van der Waals surface area contributed by atoms with Crippen LogP contribution in [0.5, 0.6) is 5.75 Å². The van der Waals surface area contributed by atoms with Crippen LogP contribution in [0.25, 0.3) is 10.8 Å². The van der Waals surface area contributed by atoms with E-state index in [0.717, 1.165) is 22.3 Å². The number of rotatable bonds is 9. The van der Waals surface area contributed by atoms with Crippen LogP contribution in [0.15, 0.2) is 132 Å². The van der Waals surface area contributed by atoms with E-state index >= 15 is 0 Å². The molecule has 0 aliphatic carbocycles. The van der Waals surface area contributed by atoms with Crippen LogP contribution in [0.4, 0.5) is 28.4 Å². The van der Waals surface area contributed by atoms with Crippen molar-refractivity contribution >= 4 is 95.7 Å². The third kappa shape index (κ3) is 12.8. The van der Waals surface area contributed by atoms with Crippen LogP contribution < -0.4 is 41.4 Å². The molecule has 7 N–H and O–H groups in total. The Morgan fingerprint density at radius 1 is 0.625 bits per heavy atom. The number of nitrogen functional groups attached to an aromatic ring is 1. The van der Waals surface area contributed by atoms with Crippen molar-refractivity contribution in [1.82, 2.24) is 10.6 Å². The number of methoxy groups -OCH3 is 1. The van der Waals surface area contributed by atoms with Crippen molar-refractivity contribution in [2.75, 3.05) is 47.2 Å². The van der Waals surface area contributed by atoms with Crippen LogP contribution >= 0.6 is 24.4 Å². The van der Waals surface area contributed by atoms with Gasteiger partial charge in [0.15, 0.2) is 10.2 Å². The van der Waals surface area contributed by atoms with Crippen molar-refractivity contribution in [3.8, 4) is 5.75 Å². The maximum Gasteiger partial charge on any atom is 0.262 e. The molecule has 0 aromatic heterocycles. The average Bonchev–Trinajstić information content (AvgIpc) is 3.23. The zero-order chi connectivity index (χ0) is 47.0. The summed E-state index contributed by atoms with van der Waals surface area (Å²) in [7, 11) is 1.31. The van der Waals surface area contributed by atoms with Gasteiger partial charge in [-0.2, -0.15) is 0 Å². The molecule has 0 bridgehead atoms. The lowest BCUT2D eigenvalue weighted by Gasteiger charge is -2.19. The molecule has 12 nitrogen and oxygen atoms in total. The van der Waals surface area contributed by atoms with Gasteiger partial charge in [0.2, 0.25) is 0 Å². The van der Waals surface area contributed by atoms with Gasteiger partial charge in [-0.15, -0.1) is 0 Å². The van der Waals surface area contributed by atoms with Gasteiger partial charge in [-0.3, -0.25) is 24.9 Å². The van der Waals surface area contributed by atoms with Crippen molar-refractivity contribution in [2.45, 2.75) is 57.3 Å². The Morgan fingerprint density at radius 2 is 1.11 bits per heavy atom. The molecule has 0 aliphatic rings. The van der Waals surface area contributed by atoms with Gasteiger partial charge in [0.1, 0.15) is 5.75 Å². The van der Waals surface area contributed by atoms with E-state index in [1.807, 2.05) is 73.6 Å². The molecule has 6 aromatic rings. The minimum absolute atomic E-state index is 0.0181. The minimum Gasteiger partial charge on any atom is -0.494 e. The van der Waals surface area contributed by atoms with Gasteiger partial charge >= 0.3 is 0 Å². The Hall–Kier alpha value is -6.55. The first-order valence-electron chi connectivity index (χ1n) is 20.3. The molecule has 2 amide bonds. The van der Waals surface area contributed by atoms with E-state index in [1.54, 1.807) is 72.8 Å². The number of ether oxygens (including phenoxy) is 1. The lowest BCUT2D eigenvalue weighted by molar-refractivity contribution is 0.0969. The van der Waals surface area contributed by atoms with E-state index in [2.05, 4.69) is 67.5 Å². The second-order valence-electron chi connectivity index (χ2n) is 17.1. The van der Waals surface area contributed by atoms with Crippen molar-refractivity contribution in [2.24, 2.45) is 0 Å². The van der Waals surface area contributed by atoms with Gasteiger partial charge in [0.05, 0.1) is 17.7 Å². The van der Waals surface area contributed by atoms with E-state index in [9.17, 15) is 18.0 Å². The fourth-order valence-corrected chi connectivity index (χ4v) is 8.19. The lowest BCUT2D eigenvalue weighted by atomic mass is 9.86. The van der Waals surface area contributed by atoms with Crippen molar-refractivity contribution < 1.29 is 22.7 Å². The Labute approximate surface area is 387 Å². The first kappa shape index (κ1) is 48.5. The molecule has 334 valence electrons. The molecular weight excluding hydrogens is 863 g/mol. The fourth-order valence-electron chi connectivity index (χ4n) is 6.48. The van der Waals surface area contributed by atoms with Crippen LogP contribution in [0.1, 0.15) is 73.4 Å². The Kier molecular flexibility index (Phi) is 15.4. The number of benzene rings is 6. The summed E-state index contributed by atoms with van der Waals surface area (Å²) in [6, 6.07) is 37.7. The highest BCUT2D eigenvalue weighted by atomic mass is 32.2. The predicted octanol–water partition coefficient (Wildman–Crippen LogP) is 9.83. The molecule has 0 aliphatic heterocycles. The van der Waals surface area contributed by atoms with Crippen LogP contribution in [0.2, 0.25) is 0 Å². The predicted molar refractivity (Wildman–Crippen MR) is 271 cm³/mol. The first-order chi connectivity index (χ1) is 30.0. The average molecular weight is 918 g/mol. The number of anilines is 5. The monoisotopic (exact) mass is 917 g/mol. The van der Waals surface area contributed by atoms with Gasteiger partial charge < -0.3 is 26.0 Å². The molecular formula is C49H55N7O5S3. The molecule has 15 heteroatoms. The standard InChI is InChI=1S/C31H34N4O4S2.C18H21N3OS/c1-31(2,3)21-15-13-20(14-16-21)29(36)33-30(40)32-22-17-18-25(27(19-22)39-6)34-41(37,38)28-12-8-9-23-24(28)10-7-11-26(23)35(4)5;1-18(2,3)13-9-7-12(8-10-13)16(22)21-17(23)20-15-6-4-5-14(19)11-15/h7-19,34H,1-6H3,(H2,32,33,36,40);4-11H,19H2,1-3H3,(H2,20,21,22,23). The molecule has 0 saturated heterocycles. The number of carbonyl (C=O) groups is 2. The second kappa shape index (κ2) is 20.3. The second-order valence-corrected chi connectivity index (χ2v) is 19.6. The number of thiocarbonyl (C=S) groups is 2. The SMILES string of the molecule is CC(C)(C)c1ccc(C(=O)NC(=S)Nc2cccc(N)c2)cc1.COc1cc(NC(=S)NC(=O)c2ccc(C(C)(C)C)cc2)ccc1NS(=O)(=O)c1cccc2c(N(C)C)cccc12. The van der Waals surface area contributed by atoms with Crippen LogP contribution in [-0.4, -0.2) is 51.7 Å². The third-order valence-electron chi connectivity index (χ3n) is 9.96. The number of fused-ring (bicyclic) bond motifs is 1. The topological polar surface area (TPSA) is 167 Å². The molecule has 64 heavy (non-hydrogen) atoms. The highest BCUT2D eigenvalue weighted by Crippen LogP contribution is 2.34. The number of nitrogens with two attached hydrogens (primary N) is 1. The van der Waals surface area contributed by atoms with Gasteiger partial charge in [0.25, 0.3) is 21.8 Å². The largest absolute Gasteiger partial charge is 0.494 e. The number of sulfonamides is 1. The number of hydrogen-bond acceptors (Lipinski definition) is 9. The summed E-state index contributed by atoms with van der Waals surface area (Å²) < 4.78 is 35.1. The maximum absolute atomic E-state index is 13.5. The molecule has 0 unspecified atom stereocenters. The minimum atomic E-state index is -3.96. The molecule has 0 heterocycles. The summed E-state index contributed by atoms with van der Waals surface area (Å²) in [5.41, 5.74) is 12.1. The van der Waals surface area contributed by atoms with E-state index in [0.29, 0.717) is 27.9 Å². The van der Waals surface area contributed by atoms with Crippen LogP contribution in [0.3, 0.4) is 0 Å². The smallest absolute Gasteiger partial charge is 0.262 e. The third-order valence-corrected chi connectivity index (χ3v) is 11.8. The molecule has 0 spiro atoms. The van der Waals surface area contributed by atoms with Crippen molar-refractivity contribution in [3.63, 3.8) is 0 Å². The summed E-state index contributed by atoms with van der Waals surface area (Å²) >= 11 is 10.5. The highest BCUT2D eigenvalue weighted by molar-refractivity contribution is 7.93. The Morgan fingerprint density at radius 3 is 1.59 bits per heavy atom. The zero-order valence-corrected chi connectivity index (χ0v) is 39.9. The summed E-state index contributed by atoms with van der Waals surface area (Å²) in [6.45, 7) is 12.7. The van der Waals surface area contributed by atoms with E-state index in [4.69, 9.17) is 34.9 Å². The quantitative estimate of drug-likeness (QED) is 0.0604. The lowest BCUT2D eigenvalue weighted by Crippen LogP contribution is -2.34. The number of nitrogens with one attached hydrogen (secondary N) is 5. The molecule has 6 aromatic carbocycles. The number of nitrogens with zero attached hydrogens (tertiary/aromatic N) is 1. The zero-order valence-electron chi connectivity index (χ0n) is 37.4. The number of amides is 2. The van der Waals surface area contributed by atoms with Gasteiger partial charge in [-0.1, -0.05) is 96.1 Å². The van der Waals surface area contributed by atoms with Crippen LogP contribution in [0, 0.1) is 0 Å². The number of carbonyl (C=O) groups excluding carboxylic acids is 2. The maximum atomic E-state index is 13.5. The highest BCUT2D eigenvalue weighted by Gasteiger charge is 2.22. The molecule has 0 fully saturated rings. The van der Waals surface area contributed by atoms with Gasteiger partial charge in [-0.25, -0.2) is 8.42 Å². The summed E-state index contributed by atoms with van der Waals surface area (Å²) in [6.07, 6.45) is 0. The summed E-state index contributed by atoms with van der Waals surface area (Å²) in [4.78, 5) is 27.0. The fraction of sp³-hybridized carbons (Fsp3) is 0.224. The number of hydrogen-bond donors (Lipinski definition) is 6. The summed E-state index contributed by atoms with van der Waals surface area (Å²) in [5.74, 6) is -0.307. The molecule has 6 rings (SSSR count). The van der Waals surface area contributed by atoms with E-state index in [-0.39, 0.29) is 49.2 Å². The molecule has 0 saturated carbocycles.